The fourth-order valence-corrected chi connectivity index (χ4v) is 7.69. The minimum Gasteiger partial charge on any atom is -0.414 e. The van der Waals surface area contributed by atoms with E-state index in [0.29, 0.717) is 29.1 Å². The van der Waals surface area contributed by atoms with Crippen molar-refractivity contribution in [2.75, 3.05) is 36.5 Å². The Kier molecular flexibility index (Phi) is 9.29. The fraction of sp³-hybridized carbons (Fsp3) is 0.576. The Morgan fingerprint density at radius 2 is 1.79 bits per heavy atom. The molecule has 7 nitrogen and oxygen atoms in total. The van der Waals surface area contributed by atoms with E-state index in [1.807, 2.05) is 13.0 Å². The van der Waals surface area contributed by atoms with Crippen molar-refractivity contribution in [3.05, 3.63) is 62.9 Å². The number of hydrogen-bond donors (Lipinski definition) is 1. The summed E-state index contributed by atoms with van der Waals surface area (Å²) in [6, 6.07) is 8.24. The third kappa shape index (κ3) is 6.80. The van der Waals surface area contributed by atoms with Gasteiger partial charge in [0.1, 0.15) is 11.6 Å². The van der Waals surface area contributed by atoms with Gasteiger partial charge in [-0.25, -0.2) is 9.37 Å². The Morgan fingerprint density at radius 3 is 2.44 bits per heavy atom. The molecule has 0 spiro atoms. The predicted molar refractivity (Wildman–Crippen MR) is 177 cm³/mol. The highest BCUT2D eigenvalue weighted by atomic mass is 35.5. The molecular formula is C33H46ClFN4O3Si. The van der Waals surface area contributed by atoms with Crippen molar-refractivity contribution in [2.24, 2.45) is 7.05 Å². The lowest BCUT2D eigenvalue weighted by Crippen LogP contribution is -2.47. The smallest absolute Gasteiger partial charge is 0.261 e. The van der Waals surface area contributed by atoms with Crippen molar-refractivity contribution in [3.8, 4) is 0 Å². The zero-order valence-corrected chi connectivity index (χ0v) is 28.4. The fourth-order valence-electron chi connectivity index (χ4n) is 6.04. The third-order valence-corrected chi connectivity index (χ3v) is 14.4. The highest BCUT2D eigenvalue weighted by Crippen LogP contribution is 2.40. The molecular weight excluding hydrogens is 583 g/mol. The molecule has 1 aromatic heterocycles. The van der Waals surface area contributed by atoms with Crippen molar-refractivity contribution in [3.63, 3.8) is 0 Å². The van der Waals surface area contributed by atoms with Crippen LogP contribution in [0.3, 0.4) is 0 Å². The zero-order chi connectivity index (χ0) is 31.1. The number of piperidine rings is 1. The van der Waals surface area contributed by atoms with Crippen LogP contribution in [0.25, 0.3) is 10.9 Å². The molecule has 0 unspecified atom stereocenters. The van der Waals surface area contributed by atoms with Crippen LogP contribution in [0.1, 0.15) is 76.7 Å². The molecule has 3 heterocycles. The minimum absolute atomic E-state index is 0.104. The molecule has 10 heteroatoms. The van der Waals surface area contributed by atoms with Gasteiger partial charge < -0.3 is 19.4 Å². The van der Waals surface area contributed by atoms with Gasteiger partial charge in [0, 0.05) is 56.0 Å². The van der Waals surface area contributed by atoms with Gasteiger partial charge in [0.05, 0.1) is 28.3 Å². The number of fused-ring (bicyclic) bond motifs is 1. The Bertz CT molecular complexity index is 1530. The lowest BCUT2D eigenvalue weighted by molar-refractivity contribution is 0.0828. The zero-order valence-electron chi connectivity index (χ0n) is 26.6. The number of nitrogens with zero attached hydrogens (tertiary/aromatic N) is 3. The number of anilines is 2. The summed E-state index contributed by atoms with van der Waals surface area (Å²) in [5.74, 6) is 0.670. The number of aromatic nitrogens is 2. The van der Waals surface area contributed by atoms with Gasteiger partial charge in [-0.05, 0) is 81.1 Å². The number of ether oxygens (including phenoxy) is 1. The van der Waals surface area contributed by atoms with E-state index in [1.54, 1.807) is 29.8 Å². The first kappa shape index (κ1) is 31.9. The maximum atomic E-state index is 14.6. The van der Waals surface area contributed by atoms with Crippen LogP contribution in [0.5, 0.6) is 0 Å². The predicted octanol–water partition coefficient (Wildman–Crippen LogP) is 7.78. The lowest BCUT2D eigenvalue weighted by atomic mass is 9.98. The normalized spacial score (nSPS) is 18.3. The van der Waals surface area contributed by atoms with E-state index < -0.39 is 8.32 Å². The number of nitrogens with one attached hydrogen (secondary N) is 1. The third-order valence-electron chi connectivity index (χ3n) is 9.64. The summed E-state index contributed by atoms with van der Waals surface area (Å²) in [7, 11) is -0.0758. The second kappa shape index (κ2) is 12.5. The van der Waals surface area contributed by atoms with Gasteiger partial charge in [0.2, 0.25) is 0 Å². The second-order valence-corrected chi connectivity index (χ2v) is 18.9. The van der Waals surface area contributed by atoms with Gasteiger partial charge in [-0.2, -0.15) is 0 Å². The molecule has 2 fully saturated rings. The van der Waals surface area contributed by atoms with Gasteiger partial charge in [-0.15, -0.1) is 0 Å². The van der Waals surface area contributed by atoms with Crippen LogP contribution in [-0.4, -0.2) is 50.3 Å². The van der Waals surface area contributed by atoms with Crippen molar-refractivity contribution < 1.29 is 13.6 Å². The Morgan fingerprint density at radius 1 is 1.12 bits per heavy atom. The van der Waals surface area contributed by atoms with E-state index in [0.717, 1.165) is 61.5 Å². The highest BCUT2D eigenvalue weighted by Gasteiger charge is 2.40. The maximum Gasteiger partial charge on any atom is 0.261 e. The summed E-state index contributed by atoms with van der Waals surface area (Å²) in [4.78, 5) is 20.8. The first-order chi connectivity index (χ1) is 20.2. The van der Waals surface area contributed by atoms with E-state index >= 15 is 0 Å². The molecule has 1 atom stereocenters. The van der Waals surface area contributed by atoms with Crippen LogP contribution < -0.4 is 15.8 Å². The minimum atomic E-state index is -1.86. The molecule has 1 N–H and O–H groups in total. The summed E-state index contributed by atoms with van der Waals surface area (Å²) < 4.78 is 28.5. The molecule has 3 aromatic rings. The Balaban J connectivity index is 1.41. The van der Waals surface area contributed by atoms with Gasteiger partial charge in [0.15, 0.2) is 8.32 Å². The standard InChI is InChI=1S/C33H46ClFN4O3Si/c1-21(26-18-23(34)19-27-30(26)37-31(38(5)32(27)40)22-12-16-41-17-13-22)36-28-9-8-24(35)20-29(28)39-14-10-25(11-15-39)42-43(6,7)33(2,3)4/h8-9,18-22,25,36H,10-17H2,1-7H3/t21-/m1/s1. The molecule has 0 bridgehead atoms. The van der Waals surface area contributed by atoms with E-state index in [2.05, 4.69) is 44.1 Å². The van der Waals surface area contributed by atoms with E-state index in [1.165, 1.54) is 6.07 Å². The molecule has 0 saturated carbocycles. The van der Waals surface area contributed by atoms with Crippen molar-refractivity contribution in [2.45, 2.75) is 89.6 Å². The largest absolute Gasteiger partial charge is 0.414 e. The summed E-state index contributed by atoms with van der Waals surface area (Å²) in [6.45, 7) is 16.3. The number of benzene rings is 2. The molecule has 5 rings (SSSR count). The molecule has 2 aliphatic rings. The second-order valence-electron chi connectivity index (χ2n) is 13.7. The van der Waals surface area contributed by atoms with E-state index in [-0.39, 0.29) is 34.5 Å². The molecule has 0 radical (unpaired) electrons. The number of hydrogen-bond acceptors (Lipinski definition) is 6. The molecule has 0 aliphatic carbocycles. The monoisotopic (exact) mass is 628 g/mol. The highest BCUT2D eigenvalue weighted by molar-refractivity contribution is 6.74. The summed E-state index contributed by atoms with van der Waals surface area (Å²) in [5, 5.41) is 4.76. The first-order valence-corrected chi connectivity index (χ1v) is 18.8. The van der Waals surface area contributed by atoms with E-state index in [9.17, 15) is 9.18 Å². The van der Waals surface area contributed by atoms with Crippen LogP contribution in [-0.2, 0) is 16.2 Å². The molecule has 0 amide bonds. The van der Waals surface area contributed by atoms with Crippen LogP contribution in [0.2, 0.25) is 23.2 Å². The van der Waals surface area contributed by atoms with Gasteiger partial charge in [-0.3, -0.25) is 9.36 Å². The van der Waals surface area contributed by atoms with Crippen molar-refractivity contribution in [1.29, 1.82) is 0 Å². The summed E-state index contributed by atoms with van der Waals surface area (Å²) >= 11 is 6.56. The van der Waals surface area contributed by atoms with E-state index in [4.69, 9.17) is 25.7 Å². The van der Waals surface area contributed by atoms with Crippen molar-refractivity contribution in [1.82, 2.24) is 9.55 Å². The Labute approximate surface area is 260 Å². The molecule has 43 heavy (non-hydrogen) atoms. The van der Waals surface area contributed by atoms with Gasteiger partial charge in [0.25, 0.3) is 5.56 Å². The van der Waals surface area contributed by atoms with Gasteiger partial charge >= 0.3 is 0 Å². The van der Waals surface area contributed by atoms with Crippen LogP contribution in [0, 0.1) is 5.82 Å². The molecule has 2 aliphatic heterocycles. The number of rotatable bonds is 7. The van der Waals surface area contributed by atoms with Crippen LogP contribution in [0.15, 0.2) is 35.1 Å². The van der Waals surface area contributed by atoms with Crippen molar-refractivity contribution >= 4 is 42.2 Å². The molecule has 2 saturated heterocycles. The summed E-state index contributed by atoms with van der Waals surface area (Å²) in [6.07, 6.45) is 3.69. The lowest BCUT2D eigenvalue weighted by Gasteiger charge is -2.42. The van der Waals surface area contributed by atoms with Crippen LogP contribution >= 0.6 is 11.6 Å². The number of halogens is 2. The molecule has 2 aromatic carbocycles. The SMILES string of the molecule is C[C@@H](Nc1ccc(F)cc1N1CCC(O[Si](C)(C)C(C)(C)C)CC1)c1cc(Cl)cc2c(=O)n(C)c(C3CCOCC3)nc12. The van der Waals surface area contributed by atoms with Gasteiger partial charge in [-0.1, -0.05) is 32.4 Å². The Hall–Kier alpha value is -2.46. The topological polar surface area (TPSA) is 68.6 Å². The first-order valence-electron chi connectivity index (χ1n) is 15.5. The summed E-state index contributed by atoms with van der Waals surface area (Å²) in [5.41, 5.74) is 3.05. The molecule has 234 valence electrons. The van der Waals surface area contributed by atoms with Crippen LogP contribution in [0.4, 0.5) is 15.8 Å². The average Bonchev–Trinajstić information content (AvgIpc) is 2.96. The quantitative estimate of drug-likeness (QED) is 0.270. The average molecular weight is 629 g/mol. The maximum absolute atomic E-state index is 14.6.